The van der Waals surface area contributed by atoms with Crippen molar-refractivity contribution in [2.24, 2.45) is 5.92 Å². The van der Waals surface area contributed by atoms with Gasteiger partial charge in [-0.1, -0.05) is 37.2 Å². The number of nitrogens with one attached hydrogen (secondary N) is 1. The highest BCUT2D eigenvalue weighted by atomic mass is 35.5. The van der Waals surface area contributed by atoms with E-state index in [1.807, 2.05) is 19.1 Å². The van der Waals surface area contributed by atoms with Crippen LogP contribution < -0.4 is 5.32 Å². The van der Waals surface area contributed by atoms with Crippen molar-refractivity contribution in [3.05, 3.63) is 29.3 Å². The first-order valence-corrected chi connectivity index (χ1v) is 8.30. The van der Waals surface area contributed by atoms with E-state index in [1.54, 1.807) is 16.8 Å². The van der Waals surface area contributed by atoms with E-state index in [4.69, 9.17) is 11.6 Å². The van der Waals surface area contributed by atoms with E-state index >= 15 is 0 Å². The van der Waals surface area contributed by atoms with Crippen LogP contribution in [0.4, 0.5) is 0 Å². The molecule has 1 heterocycles. The first kappa shape index (κ1) is 16.8. The Balaban J connectivity index is 1.99. The van der Waals surface area contributed by atoms with Crippen molar-refractivity contribution in [1.29, 1.82) is 0 Å². The molecular formula is C14H18ClN5OS. The lowest BCUT2D eigenvalue weighted by Crippen LogP contribution is -2.37. The Hall–Kier alpha value is -1.60. The quantitative estimate of drug-likeness (QED) is 0.819. The Morgan fingerprint density at radius 2 is 2.00 bits per heavy atom. The number of nitrogens with zero attached hydrogens (tertiary/aromatic N) is 4. The molecule has 1 N–H and O–H groups in total. The van der Waals surface area contributed by atoms with Gasteiger partial charge in [0.2, 0.25) is 11.1 Å². The molecule has 8 heteroatoms. The van der Waals surface area contributed by atoms with Crippen LogP contribution in [0.15, 0.2) is 29.4 Å². The zero-order chi connectivity index (χ0) is 16.1. The fraction of sp³-hybridized carbons (Fsp3) is 0.429. The van der Waals surface area contributed by atoms with Crippen LogP contribution in [0.1, 0.15) is 20.8 Å². The van der Waals surface area contributed by atoms with Crippen molar-refractivity contribution in [2.45, 2.75) is 32.0 Å². The van der Waals surface area contributed by atoms with Gasteiger partial charge in [0.1, 0.15) is 0 Å². The van der Waals surface area contributed by atoms with E-state index in [-0.39, 0.29) is 17.7 Å². The van der Waals surface area contributed by atoms with Crippen molar-refractivity contribution < 1.29 is 4.79 Å². The number of halogens is 1. The highest BCUT2D eigenvalue weighted by molar-refractivity contribution is 7.99. The van der Waals surface area contributed by atoms with Gasteiger partial charge in [0.15, 0.2) is 0 Å². The first-order valence-electron chi connectivity index (χ1n) is 6.94. The zero-order valence-electron chi connectivity index (χ0n) is 12.7. The second kappa shape index (κ2) is 7.60. The lowest BCUT2D eigenvalue weighted by atomic mass is 10.1. The number of hydrogen-bond donors (Lipinski definition) is 1. The molecule has 0 radical (unpaired) electrons. The molecule has 0 fully saturated rings. The van der Waals surface area contributed by atoms with Crippen LogP contribution in [0.25, 0.3) is 5.69 Å². The molecule has 1 atom stereocenters. The van der Waals surface area contributed by atoms with E-state index < -0.39 is 0 Å². The summed E-state index contributed by atoms with van der Waals surface area (Å²) >= 11 is 7.17. The van der Waals surface area contributed by atoms with Gasteiger partial charge in [-0.15, -0.1) is 5.10 Å². The minimum absolute atomic E-state index is 0.0307. The van der Waals surface area contributed by atoms with Crippen molar-refractivity contribution in [3.63, 3.8) is 0 Å². The predicted octanol–water partition coefficient (Wildman–Crippen LogP) is 2.57. The fourth-order valence-electron chi connectivity index (χ4n) is 1.61. The number of rotatable bonds is 6. The molecule has 0 saturated carbocycles. The molecule has 0 spiro atoms. The molecule has 118 valence electrons. The van der Waals surface area contributed by atoms with E-state index in [0.29, 0.717) is 16.1 Å². The molecule has 0 unspecified atom stereocenters. The molecule has 0 aliphatic heterocycles. The number of benzene rings is 1. The normalized spacial score (nSPS) is 12.4. The summed E-state index contributed by atoms with van der Waals surface area (Å²) in [6, 6.07) is 7.32. The van der Waals surface area contributed by atoms with Gasteiger partial charge in [-0.2, -0.15) is 4.68 Å². The second-order valence-electron chi connectivity index (χ2n) is 5.24. The largest absolute Gasteiger partial charge is 0.353 e. The molecule has 2 aromatic rings. The molecule has 22 heavy (non-hydrogen) atoms. The Morgan fingerprint density at radius 3 is 2.64 bits per heavy atom. The molecule has 6 nitrogen and oxygen atoms in total. The highest BCUT2D eigenvalue weighted by Gasteiger charge is 2.14. The van der Waals surface area contributed by atoms with E-state index in [0.717, 1.165) is 5.69 Å². The lowest BCUT2D eigenvalue weighted by molar-refractivity contribution is -0.119. The molecule has 0 aliphatic carbocycles. The molecular weight excluding hydrogens is 322 g/mol. The zero-order valence-corrected chi connectivity index (χ0v) is 14.2. The summed E-state index contributed by atoms with van der Waals surface area (Å²) in [6.45, 7) is 6.13. The number of carbonyl (C=O) groups excluding carboxylic acids is 1. The molecule has 1 aromatic carbocycles. The highest BCUT2D eigenvalue weighted by Crippen LogP contribution is 2.19. The number of aromatic nitrogens is 4. The minimum Gasteiger partial charge on any atom is -0.353 e. The maximum atomic E-state index is 11.9. The number of carbonyl (C=O) groups is 1. The van der Waals surface area contributed by atoms with Crippen LogP contribution in [-0.4, -0.2) is 37.9 Å². The number of hydrogen-bond acceptors (Lipinski definition) is 5. The summed E-state index contributed by atoms with van der Waals surface area (Å²) in [7, 11) is 0. The Labute approximate surface area is 138 Å². The van der Waals surface area contributed by atoms with Gasteiger partial charge in [-0.3, -0.25) is 4.79 Å². The standard InChI is InChI=1S/C14H18ClN5OS/c1-9(2)10(3)16-13(21)8-22-14-17-18-19-20(14)12-6-4-11(15)5-7-12/h4-7,9-10H,8H2,1-3H3,(H,16,21)/t10-/m1/s1. The molecule has 0 aliphatic rings. The van der Waals surface area contributed by atoms with E-state index in [2.05, 4.69) is 34.7 Å². The van der Waals surface area contributed by atoms with Gasteiger partial charge in [0.05, 0.1) is 11.4 Å². The molecule has 1 amide bonds. The molecule has 0 bridgehead atoms. The maximum absolute atomic E-state index is 11.9. The third kappa shape index (κ3) is 4.45. The summed E-state index contributed by atoms with van der Waals surface area (Å²) in [6.07, 6.45) is 0. The minimum atomic E-state index is -0.0307. The van der Waals surface area contributed by atoms with Gasteiger partial charge in [-0.25, -0.2) is 0 Å². The Morgan fingerprint density at radius 1 is 1.32 bits per heavy atom. The van der Waals surface area contributed by atoms with Crippen molar-refractivity contribution in [2.75, 3.05) is 5.75 Å². The van der Waals surface area contributed by atoms with Crippen molar-refractivity contribution in [3.8, 4) is 5.69 Å². The second-order valence-corrected chi connectivity index (χ2v) is 6.62. The van der Waals surface area contributed by atoms with Gasteiger partial charge in [0, 0.05) is 11.1 Å². The molecule has 0 saturated heterocycles. The summed E-state index contributed by atoms with van der Waals surface area (Å²) in [5, 5.41) is 15.7. The Bertz CT molecular complexity index is 628. The van der Waals surface area contributed by atoms with Crippen molar-refractivity contribution in [1.82, 2.24) is 25.5 Å². The topological polar surface area (TPSA) is 72.7 Å². The van der Waals surface area contributed by atoms with E-state index in [9.17, 15) is 4.79 Å². The molecule has 2 rings (SSSR count). The summed E-state index contributed by atoms with van der Waals surface area (Å²) in [5.41, 5.74) is 0.799. The number of amides is 1. The summed E-state index contributed by atoms with van der Waals surface area (Å²) in [4.78, 5) is 11.9. The average molecular weight is 340 g/mol. The van der Waals surface area contributed by atoms with Gasteiger partial charge >= 0.3 is 0 Å². The average Bonchev–Trinajstić information content (AvgIpc) is 2.94. The molecule has 1 aromatic heterocycles. The van der Waals surface area contributed by atoms with Gasteiger partial charge in [0.25, 0.3) is 0 Å². The summed E-state index contributed by atoms with van der Waals surface area (Å²) < 4.78 is 1.58. The number of tetrazole rings is 1. The van der Waals surface area contributed by atoms with Crippen LogP contribution in [-0.2, 0) is 4.79 Å². The van der Waals surface area contributed by atoms with Crippen LogP contribution in [0, 0.1) is 5.92 Å². The predicted molar refractivity (Wildman–Crippen MR) is 87.3 cm³/mol. The maximum Gasteiger partial charge on any atom is 0.230 e. The van der Waals surface area contributed by atoms with Crippen LogP contribution in [0.3, 0.4) is 0 Å². The van der Waals surface area contributed by atoms with Crippen LogP contribution in [0.2, 0.25) is 5.02 Å². The Kier molecular flexibility index (Phi) is 5.79. The fourth-order valence-corrected chi connectivity index (χ4v) is 2.43. The smallest absolute Gasteiger partial charge is 0.230 e. The van der Waals surface area contributed by atoms with Crippen LogP contribution >= 0.6 is 23.4 Å². The first-order chi connectivity index (χ1) is 10.5. The van der Waals surface area contributed by atoms with Gasteiger partial charge < -0.3 is 5.32 Å². The number of thioether (sulfide) groups is 1. The SMILES string of the molecule is CC(C)[C@@H](C)NC(=O)CSc1nnnn1-c1ccc(Cl)cc1. The monoisotopic (exact) mass is 339 g/mol. The third-order valence-corrected chi connectivity index (χ3v) is 4.40. The third-order valence-electron chi connectivity index (χ3n) is 3.23. The lowest BCUT2D eigenvalue weighted by Gasteiger charge is -2.17. The van der Waals surface area contributed by atoms with Crippen LogP contribution in [0.5, 0.6) is 0 Å². The van der Waals surface area contributed by atoms with Gasteiger partial charge in [-0.05, 0) is 47.5 Å². The van der Waals surface area contributed by atoms with E-state index in [1.165, 1.54) is 11.8 Å². The van der Waals surface area contributed by atoms with Crippen molar-refractivity contribution >= 4 is 29.3 Å². The summed E-state index contributed by atoms with van der Waals surface area (Å²) in [5.74, 6) is 0.635.